The molecule has 0 saturated heterocycles. The number of hydrogen-bond acceptors (Lipinski definition) is 2. The molecule has 1 aromatic heterocycles. The molecule has 72 valence electrons. The number of nitrogens with two attached hydrogens (primary N) is 1. The van der Waals surface area contributed by atoms with Crippen molar-refractivity contribution in [2.24, 2.45) is 5.73 Å². The van der Waals surface area contributed by atoms with Crippen LogP contribution >= 0.6 is 22.9 Å². The van der Waals surface area contributed by atoms with Crippen LogP contribution in [0.4, 0.5) is 0 Å². The zero-order valence-corrected chi connectivity index (χ0v) is 9.11. The van der Waals surface area contributed by atoms with Crippen molar-refractivity contribution in [2.75, 3.05) is 0 Å². The maximum atomic E-state index is 6.06. The van der Waals surface area contributed by atoms with Crippen LogP contribution in [0.2, 0.25) is 4.34 Å². The van der Waals surface area contributed by atoms with E-state index in [0.29, 0.717) is 6.54 Å². The maximum Gasteiger partial charge on any atom is 0.101 e. The molecule has 0 bridgehead atoms. The predicted octanol–water partition coefficient (Wildman–Crippen LogP) is 3.53. The SMILES string of the molecule is NCc1cccc(-c2ccsc2Cl)c1. The van der Waals surface area contributed by atoms with Gasteiger partial charge in [-0.05, 0) is 28.6 Å². The average Bonchev–Trinajstić information content (AvgIpc) is 2.65. The Kier molecular flexibility index (Phi) is 2.87. The molecule has 2 N–H and O–H groups in total. The third kappa shape index (κ3) is 1.82. The highest BCUT2D eigenvalue weighted by Crippen LogP contribution is 2.32. The maximum absolute atomic E-state index is 6.06. The summed E-state index contributed by atoms with van der Waals surface area (Å²) in [6.45, 7) is 0.565. The average molecular weight is 224 g/mol. The molecule has 3 heteroatoms. The van der Waals surface area contributed by atoms with E-state index in [1.807, 2.05) is 29.6 Å². The Bertz CT molecular complexity index is 436. The van der Waals surface area contributed by atoms with Crippen molar-refractivity contribution in [3.8, 4) is 11.1 Å². The van der Waals surface area contributed by atoms with Crippen LogP contribution in [0.5, 0.6) is 0 Å². The van der Waals surface area contributed by atoms with Crippen LogP contribution in [0.3, 0.4) is 0 Å². The van der Waals surface area contributed by atoms with Crippen molar-refractivity contribution in [3.63, 3.8) is 0 Å². The summed E-state index contributed by atoms with van der Waals surface area (Å²) in [5.74, 6) is 0. The van der Waals surface area contributed by atoms with Crippen LogP contribution in [0, 0.1) is 0 Å². The number of thiophene rings is 1. The minimum absolute atomic E-state index is 0.565. The van der Waals surface area contributed by atoms with E-state index in [9.17, 15) is 0 Å². The van der Waals surface area contributed by atoms with Gasteiger partial charge in [0.1, 0.15) is 4.34 Å². The summed E-state index contributed by atoms with van der Waals surface area (Å²) in [7, 11) is 0. The van der Waals surface area contributed by atoms with Crippen LogP contribution in [-0.4, -0.2) is 0 Å². The molecule has 0 aliphatic rings. The topological polar surface area (TPSA) is 26.0 Å². The second kappa shape index (κ2) is 4.13. The lowest BCUT2D eigenvalue weighted by Gasteiger charge is -2.01. The Balaban J connectivity index is 2.47. The van der Waals surface area contributed by atoms with E-state index in [0.717, 1.165) is 21.0 Å². The lowest BCUT2D eigenvalue weighted by Crippen LogP contribution is -1.95. The van der Waals surface area contributed by atoms with Gasteiger partial charge in [-0.3, -0.25) is 0 Å². The summed E-state index contributed by atoms with van der Waals surface area (Å²) in [6, 6.07) is 10.2. The summed E-state index contributed by atoms with van der Waals surface area (Å²) >= 11 is 7.60. The number of halogens is 1. The lowest BCUT2D eigenvalue weighted by molar-refractivity contribution is 1.07. The molecule has 1 nitrogen and oxygen atoms in total. The first-order valence-electron chi connectivity index (χ1n) is 4.33. The quantitative estimate of drug-likeness (QED) is 0.828. The Hall–Kier alpha value is -0.830. The Morgan fingerprint density at radius 2 is 2.14 bits per heavy atom. The Labute approximate surface area is 92.1 Å². The molecule has 0 spiro atoms. The first kappa shape index (κ1) is 9.71. The second-order valence-electron chi connectivity index (χ2n) is 3.01. The summed E-state index contributed by atoms with van der Waals surface area (Å²) in [5, 5.41) is 1.99. The van der Waals surface area contributed by atoms with Crippen LogP contribution in [-0.2, 0) is 6.54 Å². The zero-order chi connectivity index (χ0) is 9.97. The highest BCUT2D eigenvalue weighted by Gasteiger charge is 2.04. The normalized spacial score (nSPS) is 10.4. The monoisotopic (exact) mass is 223 g/mol. The largest absolute Gasteiger partial charge is 0.326 e. The number of benzene rings is 1. The molecule has 0 saturated carbocycles. The zero-order valence-electron chi connectivity index (χ0n) is 7.53. The van der Waals surface area contributed by atoms with Crippen molar-refractivity contribution in [2.45, 2.75) is 6.54 Å². The minimum Gasteiger partial charge on any atom is -0.326 e. The molecule has 0 aliphatic heterocycles. The van der Waals surface area contributed by atoms with E-state index in [-0.39, 0.29) is 0 Å². The smallest absolute Gasteiger partial charge is 0.101 e. The molecule has 2 rings (SSSR count). The van der Waals surface area contributed by atoms with Gasteiger partial charge in [0, 0.05) is 12.1 Å². The molecule has 0 aliphatic carbocycles. The number of hydrogen-bond donors (Lipinski definition) is 1. The van der Waals surface area contributed by atoms with Gasteiger partial charge < -0.3 is 5.73 Å². The molecule has 2 aromatic rings. The van der Waals surface area contributed by atoms with Gasteiger partial charge in [0.2, 0.25) is 0 Å². The van der Waals surface area contributed by atoms with Gasteiger partial charge in [0.15, 0.2) is 0 Å². The molecule has 0 fully saturated rings. The predicted molar refractivity (Wildman–Crippen MR) is 62.7 cm³/mol. The molecule has 0 unspecified atom stereocenters. The van der Waals surface area contributed by atoms with Gasteiger partial charge in [0.25, 0.3) is 0 Å². The van der Waals surface area contributed by atoms with Gasteiger partial charge >= 0.3 is 0 Å². The van der Waals surface area contributed by atoms with Gasteiger partial charge in [-0.1, -0.05) is 29.8 Å². The van der Waals surface area contributed by atoms with E-state index in [1.54, 1.807) is 11.3 Å². The third-order valence-corrected chi connectivity index (χ3v) is 3.26. The second-order valence-corrected chi connectivity index (χ2v) is 4.53. The fourth-order valence-electron chi connectivity index (χ4n) is 1.37. The highest BCUT2D eigenvalue weighted by atomic mass is 35.5. The van der Waals surface area contributed by atoms with Crippen LogP contribution < -0.4 is 5.73 Å². The van der Waals surface area contributed by atoms with Crippen LogP contribution in [0.25, 0.3) is 11.1 Å². The summed E-state index contributed by atoms with van der Waals surface area (Å²) in [5.41, 5.74) is 8.94. The molecular weight excluding hydrogens is 214 g/mol. The summed E-state index contributed by atoms with van der Waals surface area (Å²) in [6.07, 6.45) is 0. The van der Waals surface area contributed by atoms with Gasteiger partial charge in [-0.15, -0.1) is 11.3 Å². The fraction of sp³-hybridized carbons (Fsp3) is 0.0909. The van der Waals surface area contributed by atoms with E-state index < -0.39 is 0 Å². The van der Waals surface area contributed by atoms with Crippen LogP contribution in [0.1, 0.15) is 5.56 Å². The highest BCUT2D eigenvalue weighted by molar-refractivity contribution is 7.15. The minimum atomic E-state index is 0.565. The molecule has 1 heterocycles. The van der Waals surface area contributed by atoms with Crippen molar-refractivity contribution < 1.29 is 0 Å². The van der Waals surface area contributed by atoms with Gasteiger partial charge in [-0.25, -0.2) is 0 Å². The van der Waals surface area contributed by atoms with Crippen molar-refractivity contribution in [1.82, 2.24) is 0 Å². The third-order valence-electron chi connectivity index (χ3n) is 2.09. The van der Waals surface area contributed by atoms with E-state index >= 15 is 0 Å². The van der Waals surface area contributed by atoms with Crippen molar-refractivity contribution in [3.05, 3.63) is 45.6 Å². The Morgan fingerprint density at radius 1 is 1.29 bits per heavy atom. The van der Waals surface area contributed by atoms with E-state index in [1.165, 1.54) is 0 Å². The van der Waals surface area contributed by atoms with Gasteiger partial charge in [-0.2, -0.15) is 0 Å². The molecular formula is C11H10ClNS. The van der Waals surface area contributed by atoms with Crippen molar-refractivity contribution >= 4 is 22.9 Å². The molecule has 0 atom stereocenters. The van der Waals surface area contributed by atoms with Crippen LogP contribution in [0.15, 0.2) is 35.7 Å². The lowest BCUT2D eigenvalue weighted by atomic mass is 10.1. The van der Waals surface area contributed by atoms with Gasteiger partial charge in [0.05, 0.1) is 0 Å². The standard InChI is InChI=1S/C11H10ClNS/c12-11-10(4-5-14-11)9-3-1-2-8(6-9)7-13/h1-6H,7,13H2. The summed E-state index contributed by atoms with van der Waals surface area (Å²) < 4.78 is 0.833. The molecule has 14 heavy (non-hydrogen) atoms. The first-order chi connectivity index (χ1) is 6.81. The number of rotatable bonds is 2. The Morgan fingerprint density at radius 3 is 2.79 bits per heavy atom. The van der Waals surface area contributed by atoms with E-state index in [4.69, 9.17) is 17.3 Å². The fourth-order valence-corrected chi connectivity index (χ4v) is 2.33. The van der Waals surface area contributed by atoms with Crippen molar-refractivity contribution in [1.29, 1.82) is 0 Å². The molecule has 0 radical (unpaired) electrons. The summed E-state index contributed by atoms with van der Waals surface area (Å²) in [4.78, 5) is 0. The van der Waals surface area contributed by atoms with E-state index in [2.05, 4.69) is 6.07 Å². The molecule has 0 amide bonds. The molecule has 1 aromatic carbocycles. The first-order valence-corrected chi connectivity index (χ1v) is 5.59.